The van der Waals surface area contributed by atoms with Crippen molar-refractivity contribution in [1.29, 1.82) is 0 Å². The first-order chi connectivity index (χ1) is 12.7. The van der Waals surface area contributed by atoms with Crippen LogP contribution in [0.2, 0.25) is 0 Å². The van der Waals surface area contributed by atoms with E-state index in [2.05, 4.69) is 4.98 Å². The molecule has 2 aliphatic rings. The molecule has 3 rings (SSSR count). The molecule has 150 valence electrons. The lowest BCUT2D eigenvalue weighted by molar-refractivity contribution is -0.218. The van der Waals surface area contributed by atoms with Gasteiger partial charge in [0.25, 0.3) is 5.85 Å². The van der Waals surface area contributed by atoms with Gasteiger partial charge >= 0.3 is 11.7 Å². The number of esters is 1. The molecule has 1 aromatic heterocycles. The topological polar surface area (TPSA) is 120 Å². The first kappa shape index (κ1) is 19.7. The Labute approximate surface area is 154 Å². The number of carbonyl (C=O) groups excluding carboxylic acids is 1. The van der Waals surface area contributed by atoms with E-state index >= 15 is 0 Å². The van der Waals surface area contributed by atoms with Gasteiger partial charge in [0, 0.05) is 12.3 Å². The normalized spacial score (nSPS) is 30.5. The van der Waals surface area contributed by atoms with Gasteiger partial charge in [0.1, 0.15) is 12.2 Å². The van der Waals surface area contributed by atoms with Crippen molar-refractivity contribution < 1.29 is 33.6 Å². The molecule has 1 saturated carbocycles. The molecule has 2 heterocycles. The van der Waals surface area contributed by atoms with Crippen molar-refractivity contribution in [3.63, 3.8) is 0 Å². The number of ether oxygens (including phenoxy) is 3. The molecule has 0 aromatic carbocycles. The predicted octanol–water partition coefficient (Wildman–Crippen LogP) is 0.148. The van der Waals surface area contributed by atoms with E-state index in [0.29, 0.717) is 12.5 Å². The van der Waals surface area contributed by atoms with Crippen LogP contribution in [-0.4, -0.2) is 57.0 Å². The molecule has 0 spiro atoms. The molecule has 2 N–H and O–H groups in total. The molecule has 0 bridgehead atoms. The van der Waals surface area contributed by atoms with Crippen LogP contribution >= 0.6 is 0 Å². The summed E-state index contributed by atoms with van der Waals surface area (Å²) in [5, 5.41) is 20.1. The van der Waals surface area contributed by atoms with Crippen molar-refractivity contribution in [3.05, 3.63) is 22.7 Å². The number of nitrogens with zero attached hydrogens (tertiary/aromatic N) is 2. The van der Waals surface area contributed by atoms with E-state index in [1.54, 1.807) is 13.8 Å². The quantitative estimate of drug-likeness (QED) is 0.636. The average Bonchev–Trinajstić information content (AvgIpc) is 3.42. The minimum Gasteiger partial charge on any atom is -0.477 e. The number of halogens is 1. The number of aliphatic hydroxyl groups is 2. The van der Waals surface area contributed by atoms with Gasteiger partial charge in [-0.15, -0.1) is 0 Å². The van der Waals surface area contributed by atoms with Crippen molar-refractivity contribution in [2.75, 3.05) is 13.2 Å². The Hall–Kier alpha value is -2.04. The summed E-state index contributed by atoms with van der Waals surface area (Å²) in [7, 11) is 0. The van der Waals surface area contributed by atoms with Crippen LogP contribution in [0.5, 0.6) is 5.88 Å². The van der Waals surface area contributed by atoms with E-state index in [9.17, 15) is 24.2 Å². The molecule has 1 aliphatic carbocycles. The minimum atomic E-state index is -2.85. The standard InChI is InChI=1S/C17H23FN2O7/c1-9(2)15(23)26-8-17(18)13(22)12(21)14(27-17)20-6-5-11(19-16(20)24)25-7-10-3-4-10/h5-6,9-10,12-14,21-22H,3-4,7-8H2,1-2H3/t12-,13+,14-,17-/m1/s1. The Morgan fingerprint density at radius 2 is 2.19 bits per heavy atom. The molecular formula is C17H23FN2O7. The van der Waals surface area contributed by atoms with Gasteiger partial charge in [-0.25, -0.2) is 9.18 Å². The summed E-state index contributed by atoms with van der Waals surface area (Å²) in [6.07, 6.45) is -1.90. The van der Waals surface area contributed by atoms with Gasteiger partial charge in [-0.3, -0.25) is 9.36 Å². The van der Waals surface area contributed by atoms with Crippen LogP contribution in [0.1, 0.15) is 32.9 Å². The summed E-state index contributed by atoms with van der Waals surface area (Å²) in [6.45, 7) is 2.68. The van der Waals surface area contributed by atoms with Gasteiger partial charge in [-0.1, -0.05) is 13.8 Å². The van der Waals surface area contributed by atoms with Crippen molar-refractivity contribution in [2.45, 2.75) is 51.0 Å². The molecule has 0 unspecified atom stereocenters. The predicted molar refractivity (Wildman–Crippen MR) is 88.5 cm³/mol. The molecule has 2 fully saturated rings. The number of aromatic nitrogens is 2. The van der Waals surface area contributed by atoms with Crippen LogP contribution in [0.3, 0.4) is 0 Å². The van der Waals surface area contributed by atoms with E-state index in [-0.39, 0.29) is 5.88 Å². The molecule has 1 saturated heterocycles. The van der Waals surface area contributed by atoms with Gasteiger partial charge in [-0.05, 0) is 18.8 Å². The Morgan fingerprint density at radius 1 is 1.48 bits per heavy atom. The lowest BCUT2D eigenvalue weighted by Crippen LogP contribution is -2.43. The van der Waals surface area contributed by atoms with Crippen LogP contribution in [0.15, 0.2) is 17.1 Å². The number of alkyl halides is 1. The lowest BCUT2D eigenvalue weighted by atomic mass is 10.1. The van der Waals surface area contributed by atoms with Crippen LogP contribution in [-0.2, 0) is 14.3 Å². The van der Waals surface area contributed by atoms with Crippen LogP contribution in [0.4, 0.5) is 4.39 Å². The summed E-state index contributed by atoms with van der Waals surface area (Å²) in [6, 6.07) is 1.39. The third-order valence-corrected chi connectivity index (χ3v) is 4.50. The molecule has 10 heteroatoms. The summed E-state index contributed by atoms with van der Waals surface area (Å²) < 4.78 is 30.9. The first-order valence-electron chi connectivity index (χ1n) is 8.83. The molecule has 1 aliphatic heterocycles. The monoisotopic (exact) mass is 386 g/mol. The lowest BCUT2D eigenvalue weighted by Gasteiger charge is -2.23. The maximum Gasteiger partial charge on any atom is 0.353 e. The van der Waals surface area contributed by atoms with Crippen LogP contribution in [0, 0.1) is 11.8 Å². The van der Waals surface area contributed by atoms with Crippen molar-refractivity contribution >= 4 is 5.97 Å². The Kier molecular flexibility index (Phi) is 5.50. The second-order valence-electron chi connectivity index (χ2n) is 7.20. The molecule has 4 atom stereocenters. The Morgan fingerprint density at radius 3 is 2.78 bits per heavy atom. The van der Waals surface area contributed by atoms with E-state index in [1.165, 1.54) is 12.3 Å². The first-order valence-corrected chi connectivity index (χ1v) is 8.83. The number of rotatable bonds is 7. The van der Waals surface area contributed by atoms with Crippen molar-refractivity contribution in [1.82, 2.24) is 9.55 Å². The number of hydrogen-bond acceptors (Lipinski definition) is 8. The molecule has 9 nitrogen and oxygen atoms in total. The molecule has 0 amide bonds. The summed E-state index contributed by atoms with van der Waals surface area (Å²) in [5.74, 6) is -3.44. The Bertz CT molecular complexity index is 751. The largest absolute Gasteiger partial charge is 0.477 e. The van der Waals surface area contributed by atoms with E-state index < -0.39 is 48.5 Å². The second kappa shape index (κ2) is 7.53. The molecule has 0 radical (unpaired) electrons. The molecule has 27 heavy (non-hydrogen) atoms. The molecular weight excluding hydrogens is 363 g/mol. The van der Waals surface area contributed by atoms with E-state index in [1.807, 2.05) is 0 Å². The van der Waals surface area contributed by atoms with Crippen LogP contribution in [0.25, 0.3) is 0 Å². The second-order valence-corrected chi connectivity index (χ2v) is 7.20. The van der Waals surface area contributed by atoms with Gasteiger partial charge in [0.05, 0.1) is 12.5 Å². The smallest absolute Gasteiger partial charge is 0.353 e. The van der Waals surface area contributed by atoms with E-state index in [0.717, 1.165) is 17.4 Å². The SMILES string of the molecule is CC(C)C(=O)OC[C@@]1(F)O[C@@H](n2ccc(OCC3CC3)nc2=O)[C@H](O)[C@@H]1O. The fourth-order valence-corrected chi connectivity index (χ4v) is 2.59. The Balaban J connectivity index is 1.70. The van der Waals surface area contributed by atoms with Crippen molar-refractivity contribution in [2.24, 2.45) is 11.8 Å². The maximum absolute atomic E-state index is 14.9. The maximum atomic E-state index is 14.9. The summed E-state index contributed by atoms with van der Waals surface area (Å²) >= 11 is 0. The van der Waals surface area contributed by atoms with Gasteiger partial charge in [0.15, 0.2) is 12.8 Å². The highest BCUT2D eigenvalue weighted by molar-refractivity contribution is 5.71. The van der Waals surface area contributed by atoms with Gasteiger partial charge < -0.3 is 24.4 Å². The highest BCUT2D eigenvalue weighted by atomic mass is 19.2. The van der Waals surface area contributed by atoms with Gasteiger partial charge in [0.2, 0.25) is 5.88 Å². The number of carbonyl (C=O) groups is 1. The zero-order chi connectivity index (χ0) is 19.8. The third kappa shape index (κ3) is 4.28. The third-order valence-electron chi connectivity index (χ3n) is 4.50. The van der Waals surface area contributed by atoms with Crippen LogP contribution < -0.4 is 10.4 Å². The van der Waals surface area contributed by atoms with Gasteiger partial charge in [-0.2, -0.15) is 4.98 Å². The molecule has 1 aromatic rings. The zero-order valence-corrected chi connectivity index (χ0v) is 15.1. The fourth-order valence-electron chi connectivity index (χ4n) is 2.59. The van der Waals surface area contributed by atoms with Crippen molar-refractivity contribution in [3.8, 4) is 5.88 Å². The summed E-state index contributed by atoms with van der Waals surface area (Å²) in [4.78, 5) is 27.4. The highest BCUT2D eigenvalue weighted by Gasteiger charge is 2.57. The minimum absolute atomic E-state index is 0.119. The number of hydrogen-bond donors (Lipinski definition) is 2. The highest BCUT2D eigenvalue weighted by Crippen LogP contribution is 2.38. The number of aliphatic hydroxyl groups excluding tert-OH is 2. The fraction of sp³-hybridized carbons (Fsp3) is 0.706. The average molecular weight is 386 g/mol. The zero-order valence-electron chi connectivity index (χ0n) is 15.1. The van der Waals surface area contributed by atoms with E-state index in [4.69, 9.17) is 14.2 Å². The summed E-state index contributed by atoms with van der Waals surface area (Å²) in [5.41, 5.74) is -0.831.